The zero-order valence-electron chi connectivity index (χ0n) is 15.3. The second-order valence-electron chi connectivity index (χ2n) is 7.65. The van der Waals surface area contributed by atoms with Crippen LogP contribution >= 0.6 is 0 Å². The molecule has 1 aromatic carbocycles. The SMILES string of the molecule is CC[C@@]1(CCC(=O)OC)CCCN2CCc3c([nH]c4ccccc34)[C@H]21. The topological polar surface area (TPSA) is 45.3 Å². The van der Waals surface area contributed by atoms with Gasteiger partial charge in [-0.15, -0.1) is 0 Å². The number of para-hydroxylation sites is 1. The van der Waals surface area contributed by atoms with Crippen molar-refractivity contribution in [3.63, 3.8) is 0 Å². The molecule has 2 aliphatic heterocycles. The van der Waals surface area contributed by atoms with E-state index < -0.39 is 0 Å². The lowest BCUT2D eigenvalue weighted by Gasteiger charge is -2.52. The number of hydrogen-bond donors (Lipinski definition) is 1. The van der Waals surface area contributed by atoms with Gasteiger partial charge in [-0.05, 0) is 55.7 Å². The van der Waals surface area contributed by atoms with Gasteiger partial charge >= 0.3 is 5.97 Å². The average molecular weight is 340 g/mol. The van der Waals surface area contributed by atoms with Crippen LogP contribution in [0.3, 0.4) is 0 Å². The standard InChI is InChI=1S/C21H28N2O2/c1-3-21(12-9-18(24)25-2)11-6-13-23-14-10-16-15-7-4-5-8-17(15)22-19(16)20(21)23/h4-5,7-8,20,22H,3,6,9-14H2,1-2H3/t20-,21-/m0/s1. The smallest absolute Gasteiger partial charge is 0.305 e. The van der Waals surface area contributed by atoms with Gasteiger partial charge in [-0.3, -0.25) is 9.69 Å². The van der Waals surface area contributed by atoms with E-state index in [-0.39, 0.29) is 11.4 Å². The Bertz CT molecular complexity index is 781. The van der Waals surface area contributed by atoms with Crippen molar-refractivity contribution < 1.29 is 9.53 Å². The van der Waals surface area contributed by atoms with Gasteiger partial charge in [0, 0.05) is 29.6 Å². The number of esters is 1. The molecule has 4 heteroatoms. The fourth-order valence-electron chi connectivity index (χ4n) is 5.26. The number of aromatic nitrogens is 1. The summed E-state index contributed by atoms with van der Waals surface area (Å²) in [6.45, 7) is 4.58. The van der Waals surface area contributed by atoms with Crippen molar-refractivity contribution in [3.8, 4) is 0 Å². The lowest BCUT2D eigenvalue weighted by Crippen LogP contribution is -2.49. The number of methoxy groups -OCH3 is 1. The van der Waals surface area contributed by atoms with Crippen LogP contribution in [0.2, 0.25) is 0 Å². The van der Waals surface area contributed by atoms with Crippen LogP contribution in [0.15, 0.2) is 24.3 Å². The fourth-order valence-corrected chi connectivity index (χ4v) is 5.26. The summed E-state index contributed by atoms with van der Waals surface area (Å²) in [4.78, 5) is 18.2. The molecule has 1 saturated heterocycles. The third kappa shape index (κ3) is 2.67. The van der Waals surface area contributed by atoms with Crippen LogP contribution in [0.5, 0.6) is 0 Å². The minimum absolute atomic E-state index is 0.0855. The zero-order valence-corrected chi connectivity index (χ0v) is 15.3. The summed E-state index contributed by atoms with van der Waals surface area (Å²) in [6, 6.07) is 9.06. The number of rotatable bonds is 4. The molecule has 4 nitrogen and oxygen atoms in total. The van der Waals surface area contributed by atoms with Crippen molar-refractivity contribution in [2.75, 3.05) is 20.2 Å². The molecule has 25 heavy (non-hydrogen) atoms. The molecule has 0 aliphatic carbocycles. The predicted octanol–water partition coefficient (Wildman–Crippen LogP) is 4.21. The van der Waals surface area contributed by atoms with Gasteiger partial charge in [-0.2, -0.15) is 0 Å². The van der Waals surface area contributed by atoms with Crippen molar-refractivity contribution in [3.05, 3.63) is 35.5 Å². The Kier molecular flexibility index (Phi) is 4.32. The Hall–Kier alpha value is -1.81. The van der Waals surface area contributed by atoms with Crippen LogP contribution in [0.1, 0.15) is 56.3 Å². The highest BCUT2D eigenvalue weighted by Crippen LogP contribution is 2.53. The number of nitrogens with zero attached hydrogens (tertiary/aromatic N) is 1. The molecular formula is C21H28N2O2. The number of piperidine rings is 1. The van der Waals surface area contributed by atoms with Gasteiger partial charge in [0.25, 0.3) is 0 Å². The number of fused-ring (bicyclic) bond motifs is 5. The summed E-state index contributed by atoms with van der Waals surface area (Å²) >= 11 is 0. The minimum atomic E-state index is -0.0855. The number of nitrogens with one attached hydrogen (secondary N) is 1. The van der Waals surface area contributed by atoms with Crippen molar-refractivity contribution in [1.29, 1.82) is 0 Å². The summed E-state index contributed by atoms with van der Waals surface area (Å²) in [7, 11) is 1.49. The first kappa shape index (κ1) is 16.6. The van der Waals surface area contributed by atoms with Crippen LogP contribution in [0.4, 0.5) is 0 Å². The number of benzene rings is 1. The lowest BCUT2D eigenvalue weighted by molar-refractivity contribution is -0.142. The molecule has 0 amide bonds. The van der Waals surface area contributed by atoms with Gasteiger partial charge in [0.1, 0.15) is 0 Å². The average Bonchev–Trinajstić information content (AvgIpc) is 3.04. The molecule has 0 saturated carbocycles. The van der Waals surface area contributed by atoms with E-state index >= 15 is 0 Å². The number of ether oxygens (including phenoxy) is 1. The van der Waals surface area contributed by atoms with E-state index in [4.69, 9.17) is 4.74 Å². The van der Waals surface area contributed by atoms with Crippen LogP contribution in [0, 0.1) is 5.41 Å². The maximum Gasteiger partial charge on any atom is 0.305 e. The molecule has 0 spiro atoms. The van der Waals surface area contributed by atoms with Crippen LogP contribution in [-0.4, -0.2) is 36.1 Å². The maximum absolute atomic E-state index is 11.8. The summed E-state index contributed by atoms with van der Waals surface area (Å²) in [5, 5.41) is 1.38. The Labute approximate surface area is 149 Å². The normalized spacial score (nSPS) is 26.2. The molecule has 1 N–H and O–H groups in total. The zero-order chi connectivity index (χ0) is 17.4. The molecule has 3 heterocycles. The van der Waals surface area contributed by atoms with Crippen LogP contribution in [-0.2, 0) is 16.0 Å². The molecular weight excluding hydrogens is 312 g/mol. The predicted molar refractivity (Wildman–Crippen MR) is 99.5 cm³/mol. The Morgan fingerprint density at radius 2 is 2.20 bits per heavy atom. The molecule has 0 bridgehead atoms. The fraction of sp³-hybridized carbons (Fsp3) is 0.571. The first-order valence-electron chi connectivity index (χ1n) is 9.59. The molecule has 134 valence electrons. The quantitative estimate of drug-likeness (QED) is 0.848. The molecule has 1 fully saturated rings. The molecule has 2 atom stereocenters. The second-order valence-corrected chi connectivity index (χ2v) is 7.65. The highest BCUT2D eigenvalue weighted by molar-refractivity contribution is 5.85. The monoisotopic (exact) mass is 340 g/mol. The van der Waals surface area contributed by atoms with Crippen molar-refractivity contribution in [2.45, 2.75) is 51.5 Å². The number of aromatic amines is 1. The first-order valence-corrected chi connectivity index (χ1v) is 9.59. The summed E-state index contributed by atoms with van der Waals surface area (Å²) < 4.78 is 4.92. The van der Waals surface area contributed by atoms with Crippen LogP contribution in [0.25, 0.3) is 10.9 Å². The molecule has 0 unspecified atom stereocenters. The summed E-state index contributed by atoms with van der Waals surface area (Å²) in [5.74, 6) is -0.0855. The molecule has 0 radical (unpaired) electrons. The van der Waals surface area contributed by atoms with Gasteiger partial charge in [0.15, 0.2) is 0 Å². The van der Waals surface area contributed by atoms with Gasteiger partial charge in [-0.1, -0.05) is 25.1 Å². The minimum Gasteiger partial charge on any atom is -0.469 e. The van der Waals surface area contributed by atoms with Gasteiger partial charge in [0.2, 0.25) is 0 Å². The molecule has 4 rings (SSSR count). The van der Waals surface area contributed by atoms with Crippen molar-refractivity contribution >= 4 is 16.9 Å². The molecule has 2 aromatic rings. The van der Waals surface area contributed by atoms with E-state index in [1.165, 1.54) is 48.7 Å². The van der Waals surface area contributed by atoms with Crippen molar-refractivity contribution in [2.24, 2.45) is 5.41 Å². The third-order valence-electron chi connectivity index (χ3n) is 6.59. The summed E-state index contributed by atoms with van der Waals surface area (Å²) in [5.41, 5.74) is 4.30. The Balaban J connectivity index is 1.77. The van der Waals surface area contributed by atoms with Gasteiger partial charge < -0.3 is 9.72 Å². The highest BCUT2D eigenvalue weighted by atomic mass is 16.5. The third-order valence-corrected chi connectivity index (χ3v) is 6.59. The largest absolute Gasteiger partial charge is 0.469 e. The van der Waals surface area contributed by atoms with Gasteiger partial charge in [-0.25, -0.2) is 0 Å². The lowest BCUT2D eigenvalue weighted by atomic mass is 9.65. The molecule has 1 aromatic heterocycles. The van der Waals surface area contributed by atoms with Crippen LogP contribution < -0.4 is 0 Å². The van der Waals surface area contributed by atoms with E-state index in [0.717, 1.165) is 25.8 Å². The van der Waals surface area contributed by atoms with Gasteiger partial charge in [0.05, 0.1) is 13.2 Å². The highest BCUT2D eigenvalue weighted by Gasteiger charge is 2.47. The summed E-state index contributed by atoms with van der Waals surface area (Å²) in [6.07, 6.45) is 6.06. The van der Waals surface area contributed by atoms with E-state index in [2.05, 4.69) is 41.1 Å². The number of carbonyl (C=O) groups is 1. The van der Waals surface area contributed by atoms with E-state index in [0.29, 0.717) is 12.5 Å². The van der Waals surface area contributed by atoms with Crippen molar-refractivity contribution in [1.82, 2.24) is 9.88 Å². The van der Waals surface area contributed by atoms with E-state index in [1.807, 2.05) is 0 Å². The number of hydrogen-bond acceptors (Lipinski definition) is 3. The van der Waals surface area contributed by atoms with E-state index in [9.17, 15) is 4.79 Å². The van der Waals surface area contributed by atoms with E-state index in [1.54, 1.807) is 0 Å². The second kappa shape index (κ2) is 6.49. The number of carbonyl (C=O) groups excluding carboxylic acids is 1. The number of H-pyrrole nitrogens is 1. The molecule has 2 aliphatic rings. The first-order chi connectivity index (χ1) is 12.2. The Morgan fingerprint density at radius 3 is 3.00 bits per heavy atom. The Morgan fingerprint density at radius 1 is 1.36 bits per heavy atom. The maximum atomic E-state index is 11.8.